The third-order valence-corrected chi connectivity index (χ3v) is 7.80. The van der Waals surface area contributed by atoms with Crippen molar-refractivity contribution in [2.24, 2.45) is 0 Å². The van der Waals surface area contributed by atoms with Crippen LogP contribution in [-0.2, 0) is 28.5 Å². The number of aromatic carboxylic acids is 2. The molecule has 2 fully saturated rings. The summed E-state index contributed by atoms with van der Waals surface area (Å²) in [4.78, 5) is 46.6. The lowest BCUT2D eigenvalue weighted by Crippen LogP contribution is -2.26. The van der Waals surface area contributed by atoms with Gasteiger partial charge in [-0.3, -0.25) is 0 Å². The number of carboxylic acid groups (broad SMARTS) is 2. The number of carboxylic acids is 2. The Labute approximate surface area is 266 Å². The second-order valence-electron chi connectivity index (χ2n) is 10.8. The first kappa shape index (κ1) is 34.2. The molecule has 2 saturated heterocycles. The van der Waals surface area contributed by atoms with Gasteiger partial charge in [0.05, 0.1) is 63.0 Å². The molecule has 46 heavy (non-hydrogen) atoms. The molecule has 2 aromatic carbocycles. The summed E-state index contributed by atoms with van der Waals surface area (Å²) in [5.74, 6) is -3.05. The molecule has 0 unspecified atom stereocenters. The molecule has 2 aromatic rings. The Bertz CT molecular complexity index is 1330. The van der Waals surface area contributed by atoms with Crippen molar-refractivity contribution < 1.29 is 57.8 Å². The standard InChI is InChI=1S/C34H38O12/c1-3-29(35)43-15-7-5-13-41-21-9-11-23(33(37)38)25(17-21)27-19-45-32-28(20-46-31(27)32)26-18-22(10-12-24(26)34(39)40)42-14-6-8-16-44-30(36)4-2/h3-4,9-12,17-18,27-28,31-32H,1-2,5-8,13-16,19-20H2,(H,37,38)(H,39,40)/t27-,28-,31-,32-/m0/s1. The summed E-state index contributed by atoms with van der Waals surface area (Å²) in [6, 6.07) is 9.54. The number of benzene rings is 2. The second kappa shape index (κ2) is 16.6. The van der Waals surface area contributed by atoms with E-state index in [9.17, 15) is 29.4 Å². The molecule has 12 nitrogen and oxygen atoms in total. The van der Waals surface area contributed by atoms with Gasteiger partial charge in [-0.1, -0.05) is 13.2 Å². The first-order chi connectivity index (χ1) is 22.2. The van der Waals surface area contributed by atoms with Gasteiger partial charge in [0.1, 0.15) is 11.5 Å². The van der Waals surface area contributed by atoms with Crippen LogP contribution in [0.1, 0.15) is 69.4 Å². The lowest BCUT2D eigenvalue weighted by atomic mass is 9.84. The van der Waals surface area contributed by atoms with E-state index < -0.39 is 47.9 Å². The van der Waals surface area contributed by atoms with Crippen LogP contribution in [0.2, 0.25) is 0 Å². The van der Waals surface area contributed by atoms with E-state index in [2.05, 4.69) is 13.2 Å². The summed E-state index contributed by atoms with van der Waals surface area (Å²) >= 11 is 0. The Kier molecular flexibility index (Phi) is 12.3. The Morgan fingerprint density at radius 2 is 1.07 bits per heavy atom. The van der Waals surface area contributed by atoms with E-state index in [1.165, 1.54) is 12.1 Å². The summed E-state index contributed by atoms with van der Waals surface area (Å²) < 4.78 is 34.0. The third-order valence-electron chi connectivity index (χ3n) is 7.80. The van der Waals surface area contributed by atoms with E-state index in [0.717, 1.165) is 12.2 Å². The first-order valence-corrected chi connectivity index (χ1v) is 15.0. The monoisotopic (exact) mass is 638 g/mol. The molecule has 2 N–H and O–H groups in total. The maximum absolute atomic E-state index is 12.1. The topological polar surface area (TPSA) is 164 Å². The van der Waals surface area contributed by atoms with Crippen LogP contribution in [0.4, 0.5) is 0 Å². The molecule has 2 heterocycles. The number of ether oxygens (including phenoxy) is 6. The maximum atomic E-state index is 12.1. The number of fused-ring (bicyclic) bond motifs is 1. The van der Waals surface area contributed by atoms with Gasteiger partial charge in [-0.05, 0) is 73.2 Å². The number of carbonyl (C=O) groups excluding carboxylic acids is 2. The molecule has 0 bridgehead atoms. The molecule has 12 heteroatoms. The Balaban J connectivity index is 1.42. The lowest BCUT2D eigenvalue weighted by molar-refractivity contribution is -0.138. The molecule has 0 saturated carbocycles. The minimum absolute atomic E-state index is 0.103. The highest BCUT2D eigenvalue weighted by Crippen LogP contribution is 2.46. The molecule has 2 aliphatic heterocycles. The van der Waals surface area contributed by atoms with Crippen LogP contribution in [-0.4, -0.2) is 85.9 Å². The zero-order valence-electron chi connectivity index (χ0n) is 25.4. The van der Waals surface area contributed by atoms with Gasteiger partial charge >= 0.3 is 23.9 Å². The largest absolute Gasteiger partial charge is 0.494 e. The highest BCUT2D eigenvalue weighted by molar-refractivity contribution is 5.90. The minimum atomic E-state index is -1.10. The summed E-state index contributed by atoms with van der Waals surface area (Å²) in [6.45, 7) is 8.22. The molecule has 2 aliphatic rings. The van der Waals surface area contributed by atoms with E-state index >= 15 is 0 Å². The van der Waals surface area contributed by atoms with E-state index in [4.69, 9.17) is 28.4 Å². The van der Waals surface area contributed by atoms with Crippen LogP contribution < -0.4 is 9.47 Å². The predicted molar refractivity (Wildman–Crippen MR) is 164 cm³/mol. The van der Waals surface area contributed by atoms with Crippen LogP contribution in [0.3, 0.4) is 0 Å². The number of rotatable bonds is 18. The molecule has 4 atom stereocenters. The zero-order chi connectivity index (χ0) is 33.1. The summed E-state index contributed by atoms with van der Waals surface area (Å²) in [5.41, 5.74) is 1.22. The molecule has 4 rings (SSSR count). The van der Waals surface area contributed by atoms with Crippen LogP contribution in [0.25, 0.3) is 0 Å². The van der Waals surface area contributed by atoms with Crippen molar-refractivity contribution in [3.8, 4) is 11.5 Å². The van der Waals surface area contributed by atoms with Gasteiger partial charge in [0, 0.05) is 24.0 Å². The smallest absolute Gasteiger partial charge is 0.335 e. The van der Waals surface area contributed by atoms with Gasteiger partial charge in [0.15, 0.2) is 0 Å². The van der Waals surface area contributed by atoms with Crippen molar-refractivity contribution in [2.45, 2.75) is 49.7 Å². The van der Waals surface area contributed by atoms with Crippen molar-refractivity contribution in [2.75, 3.05) is 39.6 Å². The van der Waals surface area contributed by atoms with E-state index in [0.29, 0.717) is 61.5 Å². The first-order valence-electron chi connectivity index (χ1n) is 15.0. The predicted octanol–water partition coefficient (Wildman–Crippen LogP) is 4.52. The number of esters is 2. The summed E-state index contributed by atoms with van der Waals surface area (Å²) in [7, 11) is 0. The van der Waals surface area contributed by atoms with Crippen LogP contribution in [0.15, 0.2) is 61.7 Å². The quantitative estimate of drug-likeness (QED) is 0.133. The van der Waals surface area contributed by atoms with Gasteiger partial charge < -0.3 is 38.6 Å². The zero-order valence-corrected chi connectivity index (χ0v) is 25.4. The number of unbranched alkanes of at least 4 members (excludes halogenated alkanes) is 2. The van der Waals surface area contributed by atoms with E-state index in [1.54, 1.807) is 24.3 Å². The fourth-order valence-corrected chi connectivity index (χ4v) is 5.55. The average molecular weight is 639 g/mol. The minimum Gasteiger partial charge on any atom is -0.494 e. The fraction of sp³-hybridized carbons (Fsp3) is 0.412. The summed E-state index contributed by atoms with van der Waals surface area (Å²) in [6.07, 6.45) is 3.59. The molecule has 0 aliphatic carbocycles. The highest BCUT2D eigenvalue weighted by atomic mass is 16.6. The van der Waals surface area contributed by atoms with Crippen molar-refractivity contribution in [1.82, 2.24) is 0 Å². The summed E-state index contributed by atoms with van der Waals surface area (Å²) in [5, 5.41) is 19.9. The van der Waals surface area contributed by atoms with Gasteiger partial charge in [-0.2, -0.15) is 0 Å². The van der Waals surface area contributed by atoms with Crippen LogP contribution in [0.5, 0.6) is 11.5 Å². The Morgan fingerprint density at radius 3 is 1.43 bits per heavy atom. The molecule has 0 amide bonds. The number of carbonyl (C=O) groups is 4. The van der Waals surface area contributed by atoms with Crippen molar-refractivity contribution in [1.29, 1.82) is 0 Å². The molecule has 0 spiro atoms. The molecule has 0 radical (unpaired) electrons. The van der Waals surface area contributed by atoms with Gasteiger partial charge in [-0.15, -0.1) is 0 Å². The molecule has 0 aromatic heterocycles. The Morgan fingerprint density at radius 1 is 0.674 bits per heavy atom. The van der Waals surface area contributed by atoms with Crippen LogP contribution in [0, 0.1) is 0 Å². The fourth-order valence-electron chi connectivity index (χ4n) is 5.55. The molecular weight excluding hydrogens is 600 g/mol. The number of hydrogen-bond acceptors (Lipinski definition) is 10. The molecule has 246 valence electrons. The van der Waals surface area contributed by atoms with E-state index in [1.807, 2.05) is 0 Å². The molecular formula is C34H38O12. The van der Waals surface area contributed by atoms with Crippen molar-refractivity contribution >= 4 is 23.9 Å². The SMILES string of the molecule is C=CC(=O)OCCCCOc1ccc(C(=O)O)c([C@@H]2CO[C@@H]3[C@H]2OC[C@H]3c2cc(OCCCCOC(=O)C=C)ccc2C(=O)O)c1. The third kappa shape index (κ3) is 8.73. The lowest BCUT2D eigenvalue weighted by Gasteiger charge is -2.20. The van der Waals surface area contributed by atoms with Gasteiger partial charge in [0.25, 0.3) is 0 Å². The van der Waals surface area contributed by atoms with Crippen LogP contribution >= 0.6 is 0 Å². The Hall–Kier alpha value is -4.68. The van der Waals surface area contributed by atoms with Crippen molar-refractivity contribution in [3.63, 3.8) is 0 Å². The van der Waals surface area contributed by atoms with Crippen molar-refractivity contribution in [3.05, 3.63) is 84.0 Å². The van der Waals surface area contributed by atoms with Gasteiger partial charge in [-0.25, -0.2) is 19.2 Å². The number of hydrogen-bond donors (Lipinski definition) is 2. The normalized spacial score (nSPS) is 19.9. The second-order valence-corrected chi connectivity index (χ2v) is 10.8. The van der Waals surface area contributed by atoms with Gasteiger partial charge in [0.2, 0.25) is 0 Å². The average Bonchev–Trinajstić information content (AvgIpc) is 3.66. The maximum Gasteiger partial charge on any atom is 0.335 e. The van der Waals surface area contributed by atoms with E-state index in [-0.39, 0.29) is 37.6 Å². The highest BCUT2D eigenvalue weighted by Gasteiger charge is 2.50.